The average Bonchev–Trinajstić information content (AvgIpc) is 2.91. The lowest BCUT2D eigenvalue weighted by molar-refractivity contribution is 0.136. The number of hydrogen-bond donors (Lipinski definition) is 3. The molecule has 3 nitrogen and oxygen atoms in total. The molecular formula is C26H29NO2. The Kier molecular flexibility index (Phi) is 5.98. The number of fused-ring (bicyclic) bond motifs is 2. The Morgan fingerprint density at radius 2 is 1.41 bits per heavy atom. The summed E-state index contributed by atoms with van der Waals surface area (Å²) >= 11 is 0. The minimum atomic E-state index is -0.607. The first-order valence-electron chi connectivity index (χ1n) is 10.5. The Hall–Kier alpha value is -2.62. The first kappa shape index (κ1) is 19.7. The zero-order valence-corrected chi connectivity index (χ0v) is 16.9. The lowest BCUT2D eigenvalue weighted by atomic mass is 9.85. The molecule has 150 valence electrons. The maximum absolute atomic E-state index is 10.6. The van der Waals surface area contributed by atoms with E-state index in [2.05, 4.69) is 53.8 Å². The van der Waals surface area contributed by atoms with Crippen LogP contribution in [0.15, 0.2) is 72.8 Å². The van der Waals surface area contributed by atoms with E-state index >= 15 is 0 Å². The number of phenols is 1. The Balaban J connectivity index is 1.47. The molecule has 1 aliphatic rings. The van der Waals surface area contributed by atoms with Crippen LogP contribution in [-0.2, 0) is 12.8 Å². The van der Waals surface area contributed by atoms with E-state index in [0.717, 1.165) is 31.4 Å². The van der Waals surface area contributed by atoms with Crippen LogP contribution in [0.2, 0.25) is 0 Å². The Labute approximate surface area is 173 Å². The molecule has 3 N–H and O–H groups in total. The van der Waals surface area contributed by atoms with Crippen LogP contribution in [-0.4, -0.2) is 22.8 Å². The van der Waals surface area contributed by atoms with Crippen molar-refractivity contribution in [2.75, 3.05) is 6.54 Å². The zero-order chi connectivity index (χ0) is 20.2. The van der Waals surface area contributed by atoms with Crippen molar-refractivity contribution in [1.29, 1.82) is 0 Å². The van der Waals surface area contributed by atoms with E-state index in [9.17, 15) is 10.2 Å². The second-order valence-electron chi connectivity index (χ2n) is 8.02. The molecule has 0 radical (unpaired) electrons. The molecule has 0 saturated carbocycles. The maximum atomic E-state index is 10.6. The molecule has 2 unspecified atom stereocenters. The van der Waals surface area contributed by atoms with Crippen LogP contribution >= 0.6 is 0 Å². The predicted molar refractivity (Wildman–Crippen MR) is 117 cm³/mol. The van der Waals surface area contributed by atoms with Crippen molar-refractivity contribution in [2.45, 2.75) is 44.2 Å². The van der Waals surface area contributed by atoms with Gasteiger partial charge in [0, 0.05) is 12.0 Å². The molecule has 0 bridgehead atoms. The first-order chi connectivity index (χ1) is 14.1. The summed E-state index contributed by atoms with van der Waals surface area (Å²) in [6.07, 6.45) is 2.56. The molecule has 3 aromatic carbocycles. The first-order valence-corrected chi connectivity index (χ1v) is 10.5. The van der Waals surface area contributed by atoms with Gasteiger partial charge in [-0.2, -0.15) is 0 Å². The number of aromatic hydroxyl groups is 1. The molecule has 0 amide bonds. The van der Waals surface area contributed by atoms with Crippen molar-refractivity contribution in [2.24, 2.45) is 0 Å². The summed E-state index contributed by atoms with van der Waals surface area (Å²) in [5.41, 5.74) is 6.58. The summed E-state index contributed by atoms with van der Waals surface area (Å²) in [6, 6.07) is 24.3. The number of phenolic OH excluding ortho intramolecular Hbond substituents is 1. The summed E-state index contributed by atoms with van der Waals surface area (Å²) in [5, 5.41) is 23.6. The molecule has 0 aromatic heterocycles. The van der Waals surface area contributed by atoms with E-state index in [1.807, 2.05) is 6.92 Å². The van der Waals surface area contributed by atoms with Crippen LogP contribution in [0.1, 0.15) is 53.2 Å². The monoisotopic (exact) mass is 387 g/mol. The van der Waals surface area contributed by atoms with Crippen molar-refractivity contribution in [3.8, 4) is 5.75 Å². The highest BCUT2D eigenvalue weighted by molar-refractivity contribution is 5.44. The van der Waals surface area contributed by atoms with Crippen LogP contribution in [0.4, 0.5) is 0 Å². The summed E-state index contributed by atoms with van der Waals surface area (Å²) in [4.78, 5) is 0. The van der Waals surface area contributed by atoms with Gasteiger partial charge in [0.2, 0.25) is 0 Å². The van der Waals surface area contributed by atoms with Gasteiger partial charge in [-0.3, -0.25) is 0 Å². The quantitative estimate of drug-likeness (QED) is 0.573. The Morgan fingerprint density at radius 3 is 2.00 bits per heavy atom. The number of hydrogen-bond acceptors (Lipinski definition) is 3. The summed E-state index contributed by atoms with van der Waals surface area (Å²) < 4.78 is 0. The summed E-state index contributed by atoms with van der Waals surface area (Å²) in [7, 11) is 0. The van der Waals surface area contributed by atoms with E-state index in [0.29, 0.717) is 5.92 Å². The van der Waals surface area contributed by atoms with Gasteiger partial charge < -0.3 is 15.5 Å². The van der Waals surface area contributed by atoms with Gasteiger partial charge in [-0.15, -0.1) is 0 Å². The molecule has 29 heavy (non-hydrogen) atoms. The minimum absolute atomic E-state index is 0.0733. The second kappa shape index (κ2) is 8.81. The standard InChI is InChI=1S/C26H29NO2/c1-18(26(29)21-12-14-22(28)15-13-21)27-17-16-25-23-8-4-2-6-19(23)10-11-20-7-3-5-9-24(20)25/h2-9,12-15,18,25-29H,10-11,16-17H2,1H3. The molecule has 0 heterocycles. The summed E-state index contributed by atoms with van der Waals surface area (Å²) in [5.74, 6) is 0.586. The van der Waals surface area contributed by atoms with Crippen molar-refractivity contribution < 1.29 is 10.2 Å². The molecule has 0 saturated heterocycles. The average molecular weight is 388 g/mol. The zero-order valence-electron chi connectivity index (χ0n) is 16.9. The van der Waals surface area contributed by atoms with Crippen LogP contribution in [0.25, 0.3) is 0 Å². The third-order valence-corrected chi connectivity index (χ3v) is 6.13. The van der Waals surface area contributed by atoms with Crippen LogP contribution in [0.5, 0.6) is 5.75 Å². The fourth-order valence-corrected chi connectivity index (χ4v) is 4.48. The predicted octanol–water partition coefficient (Wildman–Crippen LogP) is 4.72. The topological polar surface area (TPSA) is 52.5 Å². The molecule has 1 aliphatic carbocycles. The van der Waals surface area contributed by atoms with Crippen molar-refractivity contribution in [1.82, 2.24) is 5.32 Å². The van der Waals surface area contributed by atoms with Gasteiger partial charge in [-0.25, -0.2) is 0 Å². The third-order valence-electron chi connectivity index (χ3n) is 6.13. The van der Waals surface area contributed by atoms with Crippen LogP contribution in [0.3, 0.4) is 0 Å². The number of aryl methyl sites for hydroxylation is 2. The normalized spacial score (nSPS) is 15.8. The molecule has 0 aliphatic heterocycles. The minimum Gasteiger partial charge on any atom is -0.508 e. The van der Waals surface area contributed by atoms with Gasteiger partial charge in [0.15, 0.2) is 0 Å². The van der Waals surface area contributed by atoms with E-state index in [1.54, 1.807) is 24.3 Å². The molecule has 0 fully saturated rings. The van der Waals surface area contributed by atoms with Gasteiger partial charge >= 0.3 is 0 Å². The highest BCUT2D eigenvalue weighted by atomic mass is 16.3. The van der Waals surface area contributed by atoms with Crippen LogP contribution in [0, 0.1) is 0 Å². The van der Waals surface area contributed by atoms with Crippen molar-refractivity contribution in [3.05, 3.63) is 101 Å². The second-order valence-corrected chi connectivity index (χ2v) is 8.02. The van der Waals surface area contributed by atoms with E-state index < -0.39 is 6.10 Å². The van der Waals surface area contributed by atoms with E-state index in [-0.39, 0.29) is 11.8 Å². The van der Waals surface area contributed by atoms with Gasteiger partial charge in [-0.1, -0.05) is 60.7 Å². The van der Waals surface area contributed by atoms with Crippen molar-refractivity contribution in [3.63, 3.8) is 0 Å². The summed E-state index contributed by atoms with van der Waals surface area (Å²) in [6.45, 7) is 2.83. The Morgan fingerprint density at radius 1 is 0.862 bits per heavy atom. The smallest absolute Gasteiger partial charge is 0.115 e. The number of aliphatic hydroxyl groups is 1. The van der Waals surface area contributed by atoms with E-state index in [4.69, 9.17) is 0 Å². The molecule has 3 heteroatoms. The highest BCUT2D eigenvalue weighted by Gasteiger charge is 2.23. The lowest BCUT2D eigenvalue weighted by Gasteiger charge is -2.24. The number of rotatable bonds is 6. The van der Waals surface area contributed by atoms with Gasteiger partial charge in [0.25, 0.3) is 0 Å². The van der Waals surface area contributed by atoms with Gasteiger partial charge in [0.1, 0.15) is 5.75 Å². The highest BCUT2D eigenvalue weighted by Crippen LogP contribution is 2.36. The molecule has 4 rings (SSSR count). The maximum Gasteiger partial charge on any atom is 0.115 e. The SMILES string of the molecule is CC(NCCC1c2ccccc2CCc2ccccc21)C(O)c1ccc(O)cc1. The fraction of sp³-hybridized carbons (Fsp3) is 0.308. The molecular weight excluding hydrogens is 358 g/mol. The Bertz CT molecular complexity index is 903. The van der Waals surface area contributed by atoms with E-state index in [1.165, 1.54) is 22.3 Å². The van der Waals surface area contributed by atoms with Gasteiger partial charge in [-0.05, 0) is 72.7 Å². The van der Waals surface area contributed by atoms with Crippen molar-refractivity contribution >= 4 is 0 Å². The lowest BCUT2D eigenvalue weighted by Crippen LogP contribution is -2.33. The van der Waals surface area contributed by atoms with Gasteiger partial charge in [0.05, 0.1) is 6.10 Å². The fourth-order valence-electron chi connectivity index (χ4n) is 4.48. The molecule has 2 atom stereocenters. The van der Waals surface area contributed by atoms with Crippen LogP contribution < -0.4 is 5.32 Å². The molecule has 0 spiro atoms. The third kappa shape index (κ3) is 4.36. The largest absolute Gasteiger partial charge is 0.508 e. The number of nitrogens with one attached hydrogen (secondary N) is 1. The number of aliphatic hydroxyl groups excluding tert-OH is 1. The number of benzene rings is 3. The molecule has 3 aromatic rings.